The normalized spacial score (nSPS) is 10.6. The molecule has 2 amide bonds. The molecule has 2 N–H and O–H groups in total. The minimum atomic E-state index is -1.02. The maximum absolute atomic E-state index is 12.8. The number of ether oxygens (including phenoxy) is 2. The van der Waals surface area contributed by atoms with Crippen molar-refractivity contribution in [3.8, 4) is 11.5 Å². The van der Waals surface area contributed by atoms with Crippen LogP contribution in [0.3, 0.4) is 0 Å². The molecule has 206 valence electrons. The van der Waals surface area contributed by atoms with Crippen LogP contribution in [0, 0.1) is 6.92 Å². The molecule has 41 heavy (non-hydrogen) atoms. The zero-order valence-corrected chi connectivity index (χ0v) is 22.9. The molecule has 0 saturated heterocycles. The van der Waals surface area contributed by atoms with Crippen molar-refractivity contribution in [3.63, 3.8) is 0 Å². The Labute approximate surface area is 244 Å². The minimum Gasteiger partial charge on any atom is -0.423 e. The highest BCUT2D eigenvalue weighted by Gasteiger charge is 2.16. The van der Waals surface area contributed by atoms with Crippen molar-refractivity contribution < 1.29 is 28.7 Å². The third-order valence-corrected chi connectivity index (χ3v) is 6.03. The number of hydrogen-bond donors (Lipinski definition) is 2. The van der Waals surface area contributed by atoms with E-state index in [1.54, 1.807) is 43.3 Å². The number of aryl methyl sites for hydroxylation is 1. The first-order chi connectivity index (χ1) is 19.7. The second kappa shape index (κ2) is 13.4. The lowest BCUT2D eigenvalue weighted by Gasteiger charge is -2.11. The van der Waals surface area contributed by atoms with E-state index in [1.165, 1.54) is 60.8 Å². The van der Waals surface area contributed by atoms with Gasteiger partial charge in [0.1, 0.15) is 11.5 Å². The smallest absolute Gasteiger partial charge is 0.343 e. The number of halogens is 2. The van der Waals surface area contributed by atoms with Gasteiger partial charge < -0.3 is 14.8 Å². The third kappa shape index (κ3) is 8.01. The molecular weight excluding hydrogens is 569 g/mol. The fraction of sp³-hybridized carbons (Fsp3) is 0.0333. The van der Waals surface area contributed by atoms with Gasteiger partial charge in [0.2, 0.25) is 0 Å². The lowest BCUT2D eigenvalue weighted by Crippen LogP contribution is -2.32. The summed E-state index contributed by atoms with van der Waals surface area (Å²) in [7, 11) is 0. The molecule has 0 aliphatic rings. The second-order valence-electron chi connectivity index (χ2n) is 8.46. The molecule has 0 aliphatic heterocycles. The van der Waals surface area contributed by atoms with Crippen molar-refractivity contribution in [2.24, 2.45) is 5.10 Å². The van der Waals surface area contributed by atoms with Gasteiger partial charge in [-0.2, -0.15) is 5.10 Å². The largest absolute Gasteiger partial charge is 0.423 e. The number of carbonyl (C=O) groups excluding carboxylic acids is 4. The summed E-state index contributed by atoms with van der Waals surface area (Å²) in [6.45, 7) is 1.79. The number of benzene rings is 4. The number of carbonyl (C=O) groups is 4. The van der Waals surface area contributed by atoms with Gasteiger partial charge in [0.25, 0.3) is 0 Å². The van der Waals surface area contributed by atoms with Gasteiger partial charge in [-0.15, -0.1) is 0 Å². The van der Waals surface area contributed by atoms with E-state index in [1.807, 2.05) is 0 Å². The van der Waals surface area contributed by atoms with Crippen molar-refractivity contribution in [2.45, 2.75) is 6.92 Å². The van der Waals surface area contributed by atoms with E-state index in [4.69, 9.17) is 32.7 Å². The summed E-state index contributed by atoms with van der Waals surface area (Å²) in [6, 6.07) is 23.3. The molecule has 0 fully saturated rings. The highest BCUT2D eigenvalue weighted by atomic mass is 35.5. The van der Waals surface area contributed by atoms with Gasteiger partial charge >= 0.3 is 23.8 Å². The Morgan fingerprint density at radius 1 is 0.732 bits per heavy atom. The Balaban J connectivity index is 1.52. The van der Waals surface area contributed by atoms with E-state index < -0.39 is 23.8 Å². The third-order valence-electron chi connectivity index (χ3n) is 5.53. The van der Waals surface area contributed by atoms with Crippen LogP contribution < -0.4 is 20.2 Å². The van der Waals surface area contributed by atoms with Gasteiger partial charge in [0, 0.05) is 27.4 Å². The van der Waals surface area contributed by atoms with Crippen LogP contribution in [0.15, 0.2) is 96.1 Å². The van der Waals surface area contributed by atoms with Gasteiger partial charge in [-0.1, -0.05) is 41.4 Å². The lowest BCUT2D eigenvalue weighted by molar-refractivity contribution is -0.136. The van der Waals surface area contributed by atoms with E-state index in [0.29, 0.717) is 15.7 Å². The van der Waals surface area contributed by atoms with Crippen LogP contribution >= 0.6 is 23.2 Å². The van der Waals surface area contributed by atoms with Crippen molar-refractivity contribution >= 4 is 58.9 Å². The first-order valence-corrected chi connectivity index (χ1v) is 12.7. The van der Waals surface area contributed by atoms with Crippen LogP contribution in [0.25, 0.3) is 0 Å². The zero-order chi connectivity index (χ0) is 29.4. The Hall–Kier alpha value is -4.99. The molecule has 11 heteroatoms. The van der Waals surface area contributed by atoms with Crippen molar-refractivity contribution in [3.05, 3.63) is 123 Å². The van der Waals surface area contributed by atoms with E-state index >= 15 is 0 Å². The van der Waals surface area contributed by atoms with Crippen LogP contribution in [0.1, 0.15) is 31.8 Å². The number of hydrogen-bond acceptors (Lipinski definition) is 7. The molecule has 0 bridgehead atoms. The van der Waals surface area contributed by atoms with Crippen LogP contribution in [-0.4, -0.2) is 30.0 Å². The zero-order valence-electron chi connectivity index (χ0n) is 21.4. The van der Waals surface area contributed by atoms with E-state index in [2.05, 4.69) is 15.8 Å². The van der Waals surface area contributed by atoms with Crippen molar-refractivity contribution in [1.29, 1.82) is 0 Å². The number of amides is 2. The molecule has 0 heterocycles. The van der Waals surface area contributed by atoms with Crippen LogP contribution in [0.2, 0.25) is 10.0 Å². The van der Waals surface area contributed by atoms with Crippen molar-refractivity contribution in [1.82, 2.24) is 5.43 Å². The second-order valence-corrected chi connectivity index (χ2v) is 9.33. The SMILES string of the molecule is Cc1ccccc1NC(=O)C(=O)NN=Cc1ccc(OC(=O)c2ccc(Cl)cc2)cc1OC(=O)c1ccc(Cl)cc1. The molecular formula is C30H21Cl2N3O6. The average Bonchev–Trinajstić information content (AvgIpc) is 2.96. The van der Waals surface area contributed by atoms with E-state index in [-0.39, 0.29) is 28.2 Å². The monoisotopic (exact) mass is 589 g/mol. The van der Waals surface area contributed by atoms with Gasteiger partial charge in [-0.3, -0.25) is 9.59 Å². The quantitative estimate of drug-likeness (QED) is 0.0919. The molecule has 0 aromatic heterocycles. The topological polar surface area (TPSA) is 123 Å². The number of nitrogens with zero attached hydrogens (tertiary/aromatic N) is 1. The maximum atomic E-state index is 12.8. The Morgan fingerprint density at radius 3 is 1.93 bits per heavy atom. The highest BCUT2D eigenvalue weighted by molar-refractivity contribution is 6.39. The van der Waals surface area contributed by atoms with Gasteiger partial charge in [0.15, 0.2) is 0 Å². The summed E-state index contributed by atoms with van der Waals surface area (Å²) in [5, 5.41) is 7.21. The predicted molar refractivity (Wildman–Crippen MR) is 155 cm³/mol. The molecule has 4 aromatic rings. The molecule has 0 atom stereocenters. The maximum Gasteiger partial charge on any atom is 0.343 e. The fourth-order valence-electron chi connectivity index (χ4n) is 3.37. The summed E-state index contributed by atoms with van der Waals surface area (Å²) < 4.78 is 11.0. The number of para-hydroxylation sites is 1. The Kier molecular flexibility index (Phi) is 9.47. The highest BCUT2D eigenvalue weighted by Crippen LogP contribution is 2.26. The summed E-state index contributed by atoms with van der Waals surface area (Å²) in [4.78, 5) is 49.9. The molecule has 0 unspecified atom stereocenters. The van der Waals surface area contributed by atoms with Gasteiger partial charge in [-0.25, -0.2) is 15.0 Å². The Morgan fingerprint density at radius 2 is 1.32 bits per heavy atom. The van der Waals surface area contributed by atoms with Gasteiger partial charge in [-0.05, 0) is 79.2 Å². The number of hydrazone groups is 1. The first-order valence-electron chi connectivity index (χ1n) is 12.0. The average molecular weight is 590 g/mol. The standard InChI is InChI=1S/C30H21Cl2N3O6/c1-18-4-2-3-5-25(18)34-27(36)28(37)35-33-17-21-10-15-24(40-29(38)19-6-11-22(31)12-7-19)16-26(21)41-30(39)20-8-13-23(32)14-9-20/h2-17H,1H3,(H,34,36)(H,35,37). The van der Waals surface area contributed by atoms with Crippen molar-refractivity contribution in [2.75, 3.05) is 5.32 Å². The van der Waals surface area contributed by atoms with Crippen LogP contribution in [-0.2, 0) is 9.59 Å². The molecule has 0 spiro atoms. The molecule has 0 aliphatic carbocycles. The summed E-state index contributed by atoms with van der Waals surface area (Å²) in [5.74, 6) is -3.28. The van der Waals surface area contributed by atoms with E-state index in [0.717, 1.165) is 5.56 Å². The molecule has 9 nitrogen and oxygen atoms in total. The summed E-state index contributed by atoms with van der Waals surface area (Å²) >= 11 is 11.8. The van der Waals surface area contributed by atoms with E-state index in [9.17, 15) is 19.2 Å². The van der Waals surface area contributed by atoms with Crippen LogP contribution in [0.5, 0.6) is 11.5 Å². The molecule has 4 rings (SSSR count). The predicted octanol–water partition coefficient (Wildman–Crippen LogP) is 5.83. The number of esters is 2. The minimum absolute atomic E-state index is 0.0336. The molecule has 0 radical (unpaired) electrons. The summed E-state index contributed by atoms with van der Waals surface area (Å²) in [6.07, 6.45) is 1.17. The number of rotatable bonds is 7. The Bertz CT molecular complexity index is 1640. The lowest BCUT2D eigenvalue weighted by atomic mass is 10.2. The number of anilines is 1. The summed E-state index contributed by atoms with van der Waals surface area (Å²) in [5.41, 5.74) is 4.09. The fourth-order valence-corrected chi connectivity index (χ4v) is 3.63. The van der Waals surface area contributed by atoms with Crippen LogP contribution in [0.4, 0.5) is 5.69 Å². The van der Waals surface area contributed by atoms with Gasteiger partial charge in [0.05, 0.1) is 17.3 Å². The first kappa shape index (κ1) is 29.0. The molecule has 4 aromatic carbocycles. The molecule has 0 saturated carbocycles. The number of nitrogens with one attached hydrogen (secondary N) is 2.